The molecular weight excluding hydrogens is 474 g/mol. The molecule has 1 aliphatic rings. The standard InChI is InChI=1S/C28H26ClN5O2/c1-18-24-12-13-34(28(24)32-17-31-18)27-11-9-23(36-27)16-35-22-8-4-20-5-10-26(33-25(20)14-22)30-15-19-2-6-21(29)7-3-19/h2-8,10,12-14,17,23,27H,9,11,15-16H2,1H3,(H,30,33). The van der Waals surface area contributed by atoms with E-state index in [0.29, 0.717) is 13.2 Å². The molecule has 1 aliphatic heterocycles. The first-order valence-electron chi connectivity index (χ1n) is 12.1. The van der Waals surface area contributed by atoms with Crippen LogP contribution in [0.3, 0.4) is 0 Å². The molecule has 7 nitrogen and oxygen atoms in total. The van der Waals surface area contributed by atoms with Gasteiger partial charge in [0.2, 0.25) is 0 Å². The SMILES string of the molecule is Cc1ncnc2c1ccn2C1CCC(COc2ccc3ccc(NCc4ccc(Cl)cc4)nc3c2)O1. The highest BCUT2D eigenvalue weighted by atomic mass is 35.5. The number of nitrogens with one attached hydrogen (secondary N) is 1. The lowest BCUT2D eigenvalue weighted by Gasteiger charge is -2.16. The Bertz CT molecular complexity index is 1520. The Morgan fingerprint density at radius 2 is 1.92 bits per heavy atom. The topological polar surface area (TPSA) is 74.1 Å². The number of halogens is 1. The molecule has 6 rings (SSSR count). The lowest BCUT2D eigenvalue weighted by molar-refractivity contribution is -0.0156. The van der Waals surface area contributed by atoms with Crippen molar-refractivity contribution in [3.05, 3.63) is 89.5 Å². The third kappa shape index (κ3) is 4.72. The van der Waals surface area contributed by atoms with Crippen LogP contribution in [0.4, 0.5) is 5.82 Å². The van der Waals surface area contributed by atoms with Crippen LogP contribution in [0.5, 0.6) is 5.75 Å². The van der Waals surface area contributed by atoms with Crippen LogP contribution in [0, 0.1) is 6.92 Å². The molecule has 0 radical (unpaired) electrons. The fourth-order valence-corrected chi connectivity index (χ4v) is 4.74. The van der Waals surface area contributed by atoms with Gasteiger partial charge in [0, 0.05) is 34.6 Å². The summed E-state index contributed by atoms with van der Waals surface area (Å²) in [4.78, 5) is 13.5. The van der Waals surface area contributed by atoms with Crippen molar-refractivity contribution >= 4 is 39.4 Å². The monoisotopic (exact) mass is 499 g/mol. The molecule has 182 valence electrons. The zero-order valence-electron chi connectivity index (χ0n) is 19.9. The van der Waals surface area contributed by atoms with E-state index in [4.69, 9.17) is 26.1 Å². The van der Waals surface area contributed by atoms with E-state index < -0.39 is 0 Å². The molecule has 36 heavy (non-hydrogen) atoms. The molecule has 4 heterocycles. The second-order valence-corrected chi connectivity index (χ2v) is 9.49. The van der Waals surface area contributed by atoms with Gasteiger partial charge in [-0.25, -0.2) is 15.0 Å². The summed E-state index contributed by atoms with van der Waals surface area (Å²) in [6, 6.07) is 19.9. The summed E-state index contributed by atoms with van der Waals surface area (Å²) in [5.74, 6) is 1.60. The lowest BCUT2D eigenvalue weighted by Crippen LogP contribution is -2.18. The van der Waals surface area contributed by atoms with E-state index in [0.717, 1.165) is 62.6 Å². The first-order valence-corrected chi connectivity index (χ1v) is 12.5. The summed E-state index contributed by atoms with van der Waals surface area (Å²) in [6.45, 7) is 3.16. The van der Waals surface area contributed by atoms with Gasteiger partial charge < -0.3 is 19.4 Å². The fourth-order valence-electron chi connectivity index (χ4n) is 4.61. The minimum atomic E-state index is -0.0436. The third-order valence-corrected chi connectivity index (χ3v) is 6.84. The van der Waals surface area contributed by atoms with Crippen LogP contribution >= 0.6 is 11.6 Å². The summed E-state index contributed by atoms with van der Waals surface area (Å²) in [7, 11) is 0. The van der Waals surface area contributed by atoms with Crippen LogP contribution in [0.1, 0.15) is 30.3 Å². The minimum absolute atomic E-state index is 0.0198. The highest BCUT2D eigenvalue weighted by molar-refractivity contribution is 6.30. The fraction of sp³-hybridized carbons (Fsp3) is 0.250. The van der Waals surface area contributed by atoms with Gasteiger partial charge in [0.05, 0.1) is 17.3 Å². The van der Waals surface area contributed by atoms with Crippen LogP contribution in [-0.2, 0) is 11.3 Å². The Morgan fingerprint density at radius 3 is 2.81 bits per heavy atom. The minimum Gasteiger partial charge on any atom is -0.491 e. The second kappa shape index (κ2) is 9.76. The molecule has 0 bridgehead atoms. The van der Waals surface area contributed by atoms with Crippen LogP contribution in [0.15, 0.2) is 73.2 Å². The van der Waals surface area contributed by atoms with Crippen molar-refractivity contribution in [3.63, 3.8) is 0 Å². The molecule has 3 aromatic heterocycles. The number of aromatic nitrogens is 4. The predicted molar refractivity (Wildman–Crippen MR) is 141 cm³/mol. The van der Waals surface area contributed by atoms with Crippen molar-refractivity contribution in [2.45, 2.75) is 38.6 Å². The van der Waals surface area contributed by atoms with Gasteiger partial charge in [-0.1, -0.05) is 23.7 Å². The smallest absolute Gasteiger partial charge is 0.145 e. The van der Waals surface area contributed by atoms with Crippen LogP contribution in [0.25, 0.3) is 21.9 Å². The number of ether oxygens (including phenoxy) is 2. The van der Waals surface area contributed by atoms with Gasteiger partial charge in [-0.15, -0.1) is 0 Å². The van der Waals surface area contributed by atoms with Gasteiger partial charge in [0.25, 0.3) is 0 Å². The molecule has 2 atom stereocenters. The molecule has 8 heteroatoms. The quantitative estimate of drug-likeness (QED) is 0.283. The maximum atomic E-state index is 6.31. The van der Waals surface area contributed by atoms with Gasteiger partial charge in [0.1, 0.15) is 36.4 Å². The van der Waals surface area contributed by atoms with Crippen molar-refractivity contribution in [2.75, 3.05) is 11.9 Å². The number of rotatable bonds is 7. The summed E-state index contributed by atoms with van der Waals surface area (Å²) in [6.07, 6.45) is 5.47. The lowest BCUT2D eigenvalue weighted by atomic mass is 10.2. The predicted octanol–water partition coefficient (Wildman–Crippen LogP) is 6.31. The molecule has 0 saturated carbocycles. The van der Waals surface area contributed by atoms with Crippen LogP contribution in [-0.4, -0.2) is 32.2 Å². The molecular formula is C28H26ClN5O2. The van der Waals surface area contributed by atoms with E-state index >= 15 is 0 Å². The first-order chi connectivity index (χ1) is 17.6. The Kier molecular flexibility index (Phi) is 6.17. The van der Waals surface area contributed by atoms with Crippen molar-refractivity contribution in [3.8, 4) is 5.75 Å². The summed E-state index contributed by atoms with van der Waals surface area (Å²) in [5.41, 5.74) is 3.91. The Morgan fingerprint density at radius 1 is 1.06 bits per heavy atom. The zero-order valence-corrected chi connectivity index (χ0v) is 20.7. The van der Waals surface area contributed by atoms with Crippen molar-refractivity contribution in [1.82, 2.24) is 19.5 Å². The van der Waals surface area contributed by atoms with Crippen molar-refractivity contribution < 1.29 is 9.47 Å². The number of anilines is 1. The molecule has 0 amide bonds. The first kappa shape index (κ1) is 22.8. The number of hydrogen-bond donors (Lipinski definition) is 1. The number of hydrogen-bond acceptors (Lipinski definition) is 6. The molecule has 0 aliphatic carbocycles. The third-order valence-electron chi connectivity index (χ3n) is 6.59. The normalized spacial score (nSPS) is 17.6. The summed E-state index contributed by atoms with van der Waals surface area (Å²) in [5, 5.41) is 6.23. The molecule has 0 spiro atoms. The van der Waals surface area contributed by atoms with Crippen molar-refractivity contribution in [1.29, 1.82) is 0 Å². The second-order valence-electron chi connectivity index (χ2n) is 9.05. The van der Waals surface area contributed by atoms with Gasteiger partial charge >= 0.3 is 0 Å². The zero-order chi connectivity index (χ0) is 24.5. The van der Waals surface area contributed by atoms with Gasteiger partial charge in [-0.05, 0) is 67.8 Å². The van der Waals surface area contributed by atoms with E-state index in [1.54, 1.807) is 6.33 Å². The average Bonchev–Trinajstić information content (AvgIpc) is 3.55. The van der Waals surface area contributed by atoms with Gasteiger partial charge in [-0.2, -0.15) is 0 Å². The summed E-state index contributed by atoms with van der Waals surface area (Å²) >= 11 is 5.97. The van der Waals surface area contributed by atoms with E-state index in [1.165, 1.54) is 0 Å². The van der Waals surface area contributed by atoms with E-state index in [2.05, 4.69) is 32.0 Å². The van der Waals surface area contributed by atoms with E-state index in [9.17, 15) is 0 Å². The maximum absolute atomic E-state index is 6.31. The number of pyridine rings is 1. The molecule has 1 N–H and O–H groups in total. The number of fused-ring (bicyclic) bond motifs is 2. The van der Waals surface area contributed by atoms with E-state index in [-0.39, 0.29) is 12.3 Å². The highest BCUT2D eigenvalue weighted by Gasteiger charge is 2.28. The van der Waals surface area contributed by atoms with Gasteiger partial charge in [-0.3, -0.25) is 0 Å². The van der Waals surface area contributed by atoms with Crippen LogP contribution < -0.4 is 10.1 Å². The molecule has 1 fully saturated rings. The largest absolute Gasteiger partial charge is 0.491 e. The van der Waals surface area contributed by atoms with Gasteiger partial charge in [0.15, 0.2) is 0 Å². The molecule has 2 unspecified atom stereocenters. The molecule has 5 aromatic rings. The Labute approximate surface area is 214 Å². The summed E-state index contributed by atoms with van der Waals surface area (Å²) < 4.78 is 14.5. The number of benzene rings is 2. The number of nitrogens with zero attached hydrogens (tertiary/aromatic N) is 4. The number of aryl methyl sites for hydroxylation is 1. The molecule has 2 aromatic carbocycles. The maximum Gasteiger partial charge on any atom is 0.145 e. The van der Waals surface area contributed by atoms with Crippen LogP contribution in [0.2, 0.25) is 5.02 Å². The average molecular weight is 500 g/mol. The Balaban J connectivity index is 1.09. The Hall–Kier alpha value is -3.68. The van der Waals surface area contributed by atoms with E-state index in [1.807, 2.05) is 61.7 Å². The highest BCUT2D eigenvalue weighted by Crippen LogP contribution is 2.32. The van der Waals surface area contributed by atoms with Crippen molar-refractivity contribution in [2.24, 2.45) is 0 Å². The molecule has 1 saturated heterocycles.